The van der Waals surface area contributed by atoms with Crippen LogP contribution in [0.3, 0.4) is 0 Å². The largest absolute Gasteiger partial charge is 0.332 e. The molecule has 20 heavy (non-hydrogen) atoms. The van der Waals surface area contributed by atoms with Crippen LogP contribution in [-0.4, -0.2) is 11.0 Å². The molecule has 0 radical (unpaired) electrons. The van der Waals surface area contributed by atoms with E-state index < -0.39 is 0 Å². The SMILES string of the molecule is CC(C)c1ccccc1NC(=O)NCc1ccccn1. The zero-order valence-electron chi connectivity index (χ0n) is 11.8. The summed E-state index contributed by atoms with van der Waals surface area (Å²) >= 11 is 0. The fourth-order valence-electron chi connectivity index (χ4n) is 1.95. The number of anilines is 1. The van der Waals surface area contributed by atoms with Crippen LogP contribution in [-0.2, 0) is 6.54 Å². The number of carbonyl (C=O) groups is 1. The Hall–Kier alpha value is -2.36. The average Bonchev–Trinajstić information content (AvgIpc) is 2.46. The van der Waals surface area contributed by atoms with E-state index in [9.17, 15) is 4.79 Å². The smallest absolute Gasteiger partial charge is 0.319 e. The zero-order valence-corrected chi connectivity index (χ0v) is 11.8. The van der Waals surface area contributed by atoms with Crippen molar-refractivity contribution in [3.63, 3.8) is 0 Å². The molecule has 0 spiro atoms. The number of benzene rings is 1. The van der Waals surface area contributed by atoms with Crippen LogP contribution in [0.4, 0.5) is 10.5 Å². The molecule has 2 rings (SSSR count). The summed E-state index contributed by atoms with van der Waals surface area (Å²) in [4.78, 5) is 16.1. The Bertz CT molecular complexity index is 567. The Morgan fingerprint density at radius 1 is 1.15 bits per heavy atom. The number of hydrogen-bond acceptors (Lipinski definition) is 2. The topological polar surface area (TPSA) is 54.0 Å². The summed E-state index contributed by atoms with van der Waals surface area (Å²) in [5, 5.41) is 5.69. The number of urea groups is 1. The van der Waals surface area contributed by atoms with E-state index in [0.29, 0.717) is 12.5 Å². The second-order valence-electron chi connectivity index (χ2n) is 4.87. The van der Waals surface area contributed by atoms with Gasteiger partial charge < -0.3 is 10.6 Å². The maximum atomic E-state index is 11.9. The van der Waals surface area contributed by atoms with Crippen molar-refractivity contribution >= 4 is 11.7 Å². The minimum absolute atomic E-state index is 0.219. The number of pyridine rings is 1. The number of nitrogens with zero attached hydrogens (tertiary/aromatic N) is 1. The number of amides is 2. The van der Waals surface area contributed by atoms with Crippen molar-refractivity contribution in [3.8, 4) is 0 Å². The minimum atomic E-state index is -0.219. The lowest BCUT2D eigenvalue weighted by molar-refractivity contribution is 0.251. The van der Waals surface area contributed by atoms with Gasteiger partial charge in [-0.3, -0.25) is 4.98 Å². The predicted octanol–water partition coefficient (Wildman–Crippen LogP) is 3.53. The lowest BCUT2D eigenvalue weighted by Crippen LogP contribution is -2.29. The third-order valence-electron chi connectivity index (χ3n) is 2.99. The van der Waals surface area contributed by atoms with Crippen LogP contribution < -0.4 is 10.6 Å². The molecule has 0 saturated carbocycles. The normalized spacial score (nSPS) is 10.3. The highest BCUT2D eigenvalue weighted by Crippen LogP contribution is 2.23. The monoisotopic (exact) mass is 269 g/mol. The van der Waals surface area contributed by atoms with Crippen molar-refractivity contribution in [2.24, 2.45) is 0 Å². The molecule has 1 heterocycles. The summed E-state index contributed by atoms with van der Waals surface area (Å²) in [6, 6.07) is 13.2. The Kier molecular flexibility index (Phi) is 4.71. The van der Waals surface area contributed by atoms with E-state index in [-0.39, 0.29) is 6.03 Å². The van der Waals surface area contributed by atoms with Crippen molar-refractivity contribution < 1.29 is 4.79 Å². The lowest BCUT2D eigenvalue weighted by atomic mass is 10.0. The molecule has 0 saturated heterocycles. The molecule has 2 amide bonds. The van der Waals surface area contributed by atoms with E-state index in [1.54, 1.807) is 6.20 Å². The van der Waals surface area contributed by atoms with Crippen LogP contribution in [0.5, 0.6) is 0 Å². The molecule has 0 aliphatic heterocycles. The predicted molar refractivity (Wildman–Crippen MR) is 80.6 cm³/mol. The number of nitrogens with one attached hydrogen (secondary N) is 2. The molecule has 0 aliphatic carbocycles. The molecule has 2 aromatic rings. The van der Waals surface area contributed by atoms with Gasteiger partial charge in [0, 0.05) is 11.9 Å². The maximum absolute atomic E-state index is 11.9. The molecule has 1 aromatic heterocycles. The van der Waals surface area contributed by atoms with E-state index in [1.807, 2.05) is 42.5 Å². The number of carbonyl (C=O) groups excluding carboxylic acids is 1. The van der Waals surface area contributed by atoms with Crippen LogP contribution in [0, 0.1) is 0 Å². The van der Waals surface area contributed by atoms with E-state index in [0.717, 1.165) is 16.9 Å². The van der Waals surface area contributed by atoms with E-state index >= 15 is 0 Å². The molecule has 0 unspecified atom stereocenters. The van der Waals surface area contributed by atoms with Gasteiger partial charge in [-0.05, 0) is 29.7 Å². The van der Waals surface area contributed by atoms with Crippen molar-refractivity contribution in [1.29, 1.82) is 0 Å². The number of hydrogen-bond donors (Lipinski definition) is 2. The van der Waals surface area contributed by atoms with Gasteiger partial charge in [-0.25, -0.2) is 4.79 Å². The number of rotatable bonds is 4. The third kappa shape index (κ3) is 3.82. The van der Waals surface area contributed by atoms with Crippen LogP contribution in [0.2, 0.25) is 0 Å². The summed E-state index contributed by atoms with van der Waals surface area (Å²) < 4.78 is 0. The van der Waals surface area contributed by atoms with E-state index in [1.165, 1.54) is 0 Å². The Morgan fingerprint density at radius 2 is 1.90 bits per heavy atom. The minimum Gasteiger partial charge on any atom is -0.332 e. The fraction of sp³-hybridized carbons (Fsp3) is 0.250. The standard InChI is InChI=1S/C16H19N3O/c1-12(2)14-8-3-4-9-15(14)19-16(20)18-11-13-7-5-6-10-17-13/h3-10,12H,11H2,1-2H3,(H2,18,19,20). The Balaban J connectivity index is 1.95. The quantitative estimate of drug-likeness (QED) is 0.892. The average molecular weight is 269 g/mol. The molecule has 0 aliphatic rings. The lowest BCUT2D eigenvalue weighted by Gasteiger charge is -2.14. The first-order chi connectivity index (χ1) is 9.66. The molecule has 104 valence electrons. The zero-order chi connectivity index (χ0) is 14.4. The van der Waals surface area contributed by atoms with E-state index in [2.05, 4.69) is 29.5 Å². The van der Waals surface area contributed by atoms with Crippen molar-refractivity contribution in [1.82, 2.24) is 10.3 Å². The molecule has 0 fully saturated rings. The molecule has 2 N–H and O–H groups in total. The highest BCUT2D eigenvalue weighted by atomic mass is 16.2. The van der Waals surface area contributed by atoms with Gasteiger partial charge in [0.05, 0.1) is 12.2 Å². The van der Waals surface area contributed by atoms with Gasteiger partial charge in [0.1, 0.15) is 0 Å². The molecule has 0 bridgehead atoms. The van der Waals surface area contributed by atoms with E-state index in [4.69, 9.17) is 0 Å². The summed E-state index contributed by atoms with van der Waals surface area (Å²) in [6.45, 7) is 4.62. The van der Waals surface area contributed by atoms with Crippen molar-refractivity contribution in [2.45, 2.75) is 26.3 Å². The van der Waals surface area contributed by atoms with Crippen LogP contribution in [0.15, 0.2) is 48.7 Å². The first-order valence-corrected chi connectivity index (χ1v) is 6.70. The molecule has 4 nitrogen and oxygen atoms in total. The fourth-order valence-corrected chi connectivity index (χ4v) is 1.95. The first-order valence-electron chi connectivity index (χ1n) is 6.70. The van der Waals surface area contributed by atoms with Crippen LogP contribution >= 0.6 is 0 Å². The third-order valence-corrected chi connectivity index (χ3v) is 2.99. The van der Waals surface area contributed by atoms with Gasteiger partial charge >= 0.3 is 6.03 Å². The summed E-state index contributed by atoms with van der Waals surface area (Å²) in [5.74, 6) is 0.363. The van der Waals surface area contributed by atoms with Gasteiger partial charge in [0.2, 0.25) is 0 Å². The molecule has 4 heteroatoms. The van der Waals surface area contributed by atoms with Crippen LogP contribution in [0.25, 0.3) is 0 Å². The maximum Gasteiger partial charge on any atom is 0.319 e. The molecular formula is C16H19N3O. The second kappa shape index (κ2) is 6.70. The van der Waals surface area contributed by atoms with Gasteiger partial charge in [-0.15, -0.1) is 0 Å². The number of aromatic nitrogens is 1. The van der Waals surface area contributed by atoms with Gasteiger partial charge in [-0.2, -0.15) is 0 Å². The highest BCUT2D eigenvalue weighted by Gasteiger charge is 2.08. The number of para-hydroxylation sites is 1. The van der Waals surface area contributed by atoms with Gasteiger partial charge in [0.25, 0.3) is 0 Å². The Morgan fingerprint density at radius 3 is 2.60 bits per heavy atom. The second-order valence-corrected chi connectivity index (χ2v) is 4.87. The van der Waals surface area contributed by atoms with Crippen molar-refractivity contribution in [3.05, 3.63) is 59.9 Å². The van der Waals surface area contributed by atoms with Crippen LogP contribution in [0.1, 0.15) is 31.0 Å². The molecular weight excluding hydrogens is 250 g/mol. The van der Waals surface area contributed by atoms with Gasteiger partial charge in [-0.1, -0.05) is 38.1 Å². The summed E-state index contributed by atoms with van der Waals surface area (Å²) in [7, 11) is 0. The molecule has 0 atom stereocenters. The summed E-state index contributed by atoms with van der Waals surface area (Å²) in [5.41, 5.74) is 2.81. The highest BCUT2D eigenvalue weighted by molar-refractivity contribution is 5.90. The Labute approximate surface area is 119 Å². The molecule has 1 aromatic carbocycles. The first kappa shape index (κ1) is 14.1. The van der Waals surface area contributed by atoms with Gasteiger partial charge in [0.15, 0.2) is 0 Å². The van der Waals surface area contributed by atoms with Crippen molar-refractivity contribution in [2.75, 3.05) is 5.32 Å². The summed E-state index contributed by atoms with van der Waals surface area (Å²) in [6.07, 6.45) is 1.71.